The molecule has 1 aliphatic rings. The number of nitrogens with zero attached hydrogens (tertiary/aromatic N) is 2. The van der Waals surface area contributed by atoms with Crippen molar-refractivity contribution in [2.45, 2.75) is 45.7 Å². The van der Waals surface area contributed by atoms with Gasteiger partial charge in [0.1, 0.15) is 5.76 Å². The summed E-state index contributed by atoms with van der Waals surface area (Å²) < 4.78 is 5.89. The van der Waals surface area contributed by atoms with Crippen LogP contribution < -0.4 is 5.73 Å². The van der Waals surface area contributed by atoms with Crippen molar-refractivity contribution in [3.05, 3.63) is 47.2 Å². The third kappa shape index (κ3) is 2.95. The molecule has 21 heavy (non-hydrogen) atoms. The van der Waals surface area contributed by atoms with Gasteiger partial charge in [0, 0.05) is 24.2 Å². The predicted molar refractivity (Wildman–Crippen MR) is 83.9 cm³/mol. The first-order valence-corrected chi connectivity index (χ1v) is 7.47. The highest BCUT2D eigenvalue weighted by molar-refractivity contribution is 5.51. The summed E-state index contributed by atoms with van der Waals surface area (Å²) in [6.07, 6.45) is 2.88. The number of rotatable bonds is 2. The quantitative estimate of drug-likeness (QED) is 0.861. The van der Waals surface area contributed by atoms with E-state index >= 15 is 0 Å². The molecule has 0 amide bonds. The standard InChI is InChI=1S/C17H23N3O/c1-17(2,3)15-9-19-16(21-15)11-20-8-7-12-5-4-6-14(18)13(12)10-20/h4-6,9H,7-8,10-11,18H2,1-3H3. The van der Waals surface area contributed by atoms with E-state index in [0.717, 1.165) is 43.4 Å². The highest BCUT2D eigenvalue weighted by atomic mass is 16.4. The summed E-state index contributed by atoms with van der Waals surface area (Å²) in [5.74, 6) is 1.73. The summed E-state index contributed by atoms with van der Waals surface area (Å²) >= 11 is 0. The van der Waals surface area contributed by atoms with Crippen LogP contribution in [0.1, 0.15) is 43.5 Å². The van der Waals surface area contributed by atoms with Crippen molar-refractivity contribution in [1.29, 1.82) is 0 Å². The maximum absolute atomic E-state index is 6.09. The van der Waals surface area contributed by atoms with Gasteiger partial charge >= 0.3 is 0 Å². The van der Waals surface area contributed by atoms with Crippen LogP contribution >= 0.6 is 0 Å². The van der Waals surface area contributed by atoms with Gasteiger partial charge in [-0.1, -0.05) is 32.9 Å². The molecule has 0 unspecified atom stereocenters. The Labute approximate surface area is 126 Å². The van der Waals surface area contributed by atoms with Gasteiger partial charge in [-0.15, -0.1) is 0 Å². The molecule has 112 valence electrons. The minimum Gasteiger partial charge on any atom is -0.444 e. The molecular weight excluding hydrogens is 262 g/mol. The number of aromatic nitrogens is 1. The zero-order valence-corrected chi connectivity index (χ0v) is 13.0. The summed E-state index contributed by atoms with van der Waals surface area (Å²) in [6, 6.07) is 6.19. The fourth-order valence-electron chi connectivity index (χ4n) is 2.72. The molecule has 3 rings (SSSR count). The second kappa shape index (κ2) is 5.19. The molecule has 0 saturated heterocycles. The number of benzene rings is 1. The molecule has 0 bridgehead atoms. The smallest absolute Gasteiger partial charge is 0.208 e. The number of oxazole rings is 1. The normalized spacial score (nSPS) is 16.0. The van der Waals surface area contributed by atoms with Crippen LogP contribution in [0.4, 0.5) is 5.69 Å². The number of fused-ring (bicyclic) bond motifs is 1. The summed E-state index contributed by atoms with van der Waals surface area (Å²) in [5.41, 5.74) is 9.61. The largest absolute Gasteiger partial charge is 0.444 e. The molecule has 0 radical (unpaired) electrons. The Morgan fingerprint density at radius 3 is 2.86 bits per heavy atom. The van der Waals surface area contributed by atoms with Crippen LogP contribution in [0.15, 0.2) is 28.8 Å². The summed E-state index contributed by atoms with van der Waals surface area (Å²) in [7, 11) is 0. The lowest BCUT2D eigenvalue weighted by atomic mass is 9.94. The van der Waals surface area contributed by atoms with Crippen molar-refractivity contribution in [3.8, 4) is 0 Å². The van der Waals surface area contributed by atoms with Gasteiger partial charge < -0.3 is 10.2 Å². The average Bonchev–Trinajstić information content (AvgIpc) is 2.88. The van der Waals surface area contributed by atoms with Crippen LogP contribution in [-0.2, 0) is 24.9 Å². The van der Waals surface area contributed by atoms with Crippen molar-refractivity contribution >= 4 is 5.69 Å². The molecule has 0 aliphatic carbocycles. The molecule has 2 heterocycles. The van der Waals surface area contributed by atoms with Crippen molar-refractivity contribution in [2.75, 3.05) is 12.3 Å². The van der Waals surface area contributed by atoms with E-state index in [9.17, 15) is 0 Å². The molecule has 0 saturated carbocycles. The molecule has 2 aromatic rings. The number of nitrogen functional groups attached to an aromatic ring is 1. The lowest BCUT2D eigenvalue weighted by Crippen LogP contribution is -2.30. The maximum Gasteiger partial charge on any atom is 0.208 e. The Morgan fingerprint density at radius 1 is 1.33 bits per heavy atom. The zero-order chi connectivity index (χ0) is 15.0. The first kappa shape index (κ1) is 14.1. The Bertz CT molecular complexity index is 640. The summed E-state index contributed by atoms with van der Waals surface area (Å²) in [4.78, 5) is 6.76. The van der Waals surface area contributed by atoms with E-state index in [1.165, 1.54) is 11.1 Å². The Kier molecular flexibility index (Phi) is 3.49. The minimum absolute atomic E-state index is 0.00414. The van der Waals surface area contributed by atoms with Gasteiger partial charge in [-0.25, -0.2) is 4.98 Å². The Hall–Kier alpha value is -1.81. The van der Waals surface area contributed by atoms with Crippen LogP contribution in [0.25, 0.3) is 0 Å². The number of nitrogens with two attached hydrogens (primary N) is 1. The number of hydrogen-bond donors (Lipinski definition) is 1. The van der Waals surface area contributed by atoms with E-state index in [0.29, 0.717) is 0 Å². The van der Waals surface area contributed by atoms with Crippen LogP contribution in [-0.4, -0.2) is 16.4 Å². The molecule has 1 aromatic heterocycles. The van der Waals surface area contributed by atoms with E-state index in [4.69, 9.17) is 10.2 Å². The highest BCUT2D eigenvalue weighted by Gasteiger charge is 2.22. The molecule has 1 aliphatic heterocycles. The van der Waals surface area contributed by atoms with E-state index in [1.807, 2.05) is 18.3 Å². The van der Waals surface area contributed by atoms with Crippen LogP contribution in [0.5, 0.6) is 0 Å². The molecular formula is C17H23N3O. The number of anilines is 1. The van der Waals surface area contributed by atoms with Gasteiger partial charge in [-0.3, -0.25) is 4.90 Å². The van der Waals surface area contributed by atoms with E-state index < -0.39 is 0 Å². The second-order valence-electron chi connectivity index (χ2n) is 6.81. The first-order chi connectivity index (χ1) is 9.93. The third-order valence-corrected chi connectivity index (χ3v) is 4.04. The average molecular weight is 285 g/mol. The van der Waals surface area contributed by atoms with Crippen molar-refractivity contribution in [1.82, 2.24) is 9.88 Å². The SMILES string of the molecule is CC(C)(C)c1cnc(CN2CCc3cccc(N)c3C2)o1. The highest BCUT2D eigenvalue weighted by Crippen LogP contribution is 2.26. The van der Waals surface area contributed by atoms with Crippen molar-refractivity contribution in [2.24, 2.45) is 0 Å². The molecule has 2 N–H and O–H groups in total. The second-order valence-corrected chi connectivity index (χ2v) is 6.81. The molecule has 4 nitrogen and oxygen atoms in total. The molecule has 1 aromatic carbocycles. The van der Waals surface area contributed by atoms with Gasteiger partial charge in [0.05, 0.1) is 12.7 Å². The van der Waals surface area contributed by atoms with Crippen LogP contribution in [0.3, 0.4) is 0 Å². The lowest BCUT2D eigenvalue weighted by molar-refractivity contribution is 0.216. The molecule has 4 heteroatoms. The van der Waals surface area contributed by atoms with Crippen LogP contribution in [0.2, 0.25) is 0 Å². The van der Waals surface area contributed by atoms with Gasteiger partial charge in [0.2, 0.25) is 5.89 Å². The van der Waals surface area contributed by atoms with E-state index in [1.54, 1.807) is 0 Å². The third-order valence-electron chi connectivity index (χ3n) is 4.04. The Morgan fingerprint density at radius 2 is 2.14 bits per heavy atom. The van der Waals surface area contributed by atoms with Crippen LogP contribution in [0, 0.1) is 0 Å². The maximum atomic E-state index is 6.09. The Balaban J connectivity index is 1.73. The van der Waals surface area contributed by atoms with Crippen molar-refractivity contribution < 1.29 is 4.42 Å². The monoisotopic (exact) mass is 285 g/mol. The first-order valence-electron chi connectivity index (χ1n) is 7.47. The van der Waals surface area contributed by atoms with Gasteiger partial charge in [-0.2, -0.15) is 0 Å². The zero-order valence-electron chi connectivity index (χ0n) is 13.0. The fourth-order valence-corrected chi connectivity index (χ4v) is 2.72. The molecule has 0 spiro atoms. The lowest BCUT2D eigenvalue weighted by Gasteiger charge is -2.28. The fraction of sp³-hybridized carbons (Fsp3) is 0.471. The molecule has 0 atom stereocenters. The van der Waals surface area contributed by atoms with E-state index in [2.05, 4.69) is 36.7 Å². The summed E-state index contributed by atoms with van der Waals surface area (Å²) in [5, 5.41) is 0. The van der Waals surface area contributed by atoms with Gasteiger partial charge in [-0.05, 0) is 23.6 Å². The molecule has 0 fully saturated rings. The number of hydrogen-bond acceptors (Lipinski definition) is 4. The minimum atomic E-state index is 0.00414. The summed E-state index contributed by atoms with van der Waals surface area (Å²) in [6.45, 7) is 9.03. The topological polar surface area (TPSA) is 55.3 Å². The van der Waals surface area contributed by atoms with Gasteiger partial charge in [0.15, 0.2) is 0 Å². The van der Waals surface area contributed by atoms with E-state index in [-0.39, 0.29) is 5.41 Å². The predicted octanol–water partition coefficient (Wildman–Crippen LogP) is 3.11. The van der Waals surface area contributed by atoms with Gasteiger partial charge in [0.25, 0.3) is 0 Å². The van der Waals surface area contributed by atoms with Crippen molar-refractivity contribution in [3.63, 3.8) is 0 Å².